The van der Waals surface area contributed by atoms with E-state index in [1.54, 1.807) is 6.92 Å². The lowest BCUT2D eigenvalue weighted by Gasteiger charge is -2.07. The van der Waals surface area contributed by atoms with Crippen LogP contribution >= 0.6 is 0 Å². The lowest BCUT2D eigenvalue weighted by Crippen LogP contribution is -1.96. The van der Waals surface area contributed by atoms with Crippen molar-refractivity contribution < 1.29 is 9.53 Å². The fourth-order valence-corrected chi connectivity index (χ4v) is 2.40. The number of hydrogen-bond acceptors (Lipinski definition) is 2. The molecule has 3 rings (SSSR count). The fourth-order valence-electron chi connectivity index (χ4n) is 2.40. The molecule has 1 aromatic heterocycles. The molecule has 3 heteroatoms. The van der Waals surface area contributed by atoms with Gasteiger partial charge in [-0.25, -0.2) is 0 Å². The Morgan fingerprint density at radius 2 is 1.95 bits per heavy atom. The Morgan fingerprint density at radius 1 is 1.14 bits per heavy atom. The molecule has 0 aliphatic carbocycles. The van der Waals surface area contributed by atoms with Gasteiger partial charge in [0.2, 0.25) is 0 Å². The Morgan fingerprint density at radius 3 is 2.71 bits per heavy atom. The molecule has 1 N–H and O–H groups in total. The molecule has 0 fully saturated rings. The quantitative estimate of drug-likeness (QED) is 0.770. The zero-order valence-corrected chi connectivity index (χ0v) is 11.9. The van der Waals surface area contributed by atoms with Crippen molar-refractivity contribution in [2.75, 3.05) is 0 Å². The molecular formula is C18H17NO2. The first-order valence-corrected chi connectivity index (χ1v) is 6.98. The number of aromatic nitrogens is 1. The number of carbonyl (C=O) groups is 1. The van der Waals surface area contributed by atoms with Crippen LogP contribution in [0.3, 0.4) is 0 Å². The number of ether oxygens (including phenoxy) is 1. The molecule has 106 valence electrons. The van der Waals surface area contributed by atoms with Crippen LogP contribution in [-0.2, 0) is 17.8 Å². The maximum Gasteiger partial charge on any atom is 0.134 e. The molecule has 0 amide bonds. The Balaban J connectivity index is 1.81. The van der Waals surface area contributed by atoms with E-state index in [0.717, 1.165) is 27.8 Å². The highest BCUT2D eigenvalue weighted by molar-refractivity contribution is 5.89. The Kier molecular flexibility index (Phi) is 3.73. The highest BCUT2D eigenvalue weighted by atomic mass is 16.5. The first kappa shape index (κ1) is 13.4. The minimum atomic E-state index is 0.159. The van der Waals surface area contributed by atoms with Crippen LogP contribution < -0.4 is 4.74 Å². The number of ketones is 1. The van der Waals surface area contributed by atoms with Crippen LogP contribution in [0, 0.1) is 0 Å². The molecule has 3 aromatic rings. The van der Waals surface area contributed by atoms with E-state index >= 15 is 0 Å². The molecule has 0 aliphatic heterocycles. The van der Waals surface area contributed by atoms with Gasteiger partial charge in [-0.05, 0) is 36.2 Å². The summed E-state index contributed by atoms with van der Waals surface area (Å²) in [6.07, 6.45) is 2.34. The number of Topliss-reactive ketones (excluding diaryl/α,β-unsaturated/α-hetero) is 1. The lowest BCUT2D eigenvalue weighted by molar-refractivity contribution is -0.116. The molecule has 2 aromatic carbocycles. The Hall–Kier alpha value is -2.55. The molecule has 0 saturated heterocycles. The topological polar surface area (TPSA) is 42.1 Å². The summed E-state index contributed by atoms with van der Waals surface area (Å²) in [5.74, 6) is 0.974. The number of hydrogen-bond donors (Lipinski definition) is 1. The van der Waals surface area contributed by atoms with E-state index in [1.165, 1.54) is 0 Å². The third-order valence-corrected chi connectivity index (χ3v) is 3.43. The average Bonchev–Trinajstić information content (AvgIpc) is 2.88. The lowest BCUT2D eigenvalue weighted by atomic mass is 10.1. The van der Waals surface area contributed by atoms with Crippen molar-refractivity contribution in [2.24, 2.45) is 0 Å². The molecule has 1 heterocycles. The van der Waals surface area contributed by atoms with E-state index in [-0.39, 0.29) is 5.78 Å². The first-order chi connectivity index (χ1) is 10.2. The average molecular weight is 279 g/mol. The third-order valence-electron chi connectivity index (χ3n) is 3.43. The van der Waals surface area contributed by atoms with Crippen LogP contribution in [0.2, 0.25) is 0 Å². The standard InChI is InChI=1S/C18H17NO2/c1-13(20)9-15-11-19-18-8-7-16(10-17(15)18)21-12-14-5-3-2-4-6-14/h2-8,10-11,19H,9,12H2,1H3. The van der Waals surface area contributed by atoms with Crippen molar-refractivity contribution in [2.45, 2.75) is 20.0 Å². The van der Waals surface area contributed by atoms with Crippen LogP contribution in [0.1, 0.15) is 18.1 Å². The van der Waals surface area contributed by atoms with Crippen molar-refractivity contribution >= 4 is 16.7 Å². The van der Waals surface area contributed by atoms with Crippen molar-refractivity contribution in [3.63, 3.8) is 0 Å². The highest BCUT2D eigenvalue weighted by Gasteiger charge is 2.07. The first-order valence-electron chi connectivity index (χ1n) is 6.98. The van der Waals surface area contributed by atoms with Gasteiger partial charge >= 0.3 is 0 Å². The molecular weight excluding hydrogens is 262 g/mol. The minimum Gasteiger partial charge on any atom is -0.489 e. The van der Waals surface area contributed by atoms with E-state index in [1.807, 2.05) is 54.7 Å². The van der Waals surface area contributed by atoms with Crippen molar-refractivity contribution in [1.29, 1.82) is 0 Å². The molecule has 0 saturated carbocycles. The van der Waals surface area contributed by atoms with Crippen LogP contribution in [-0.4, -0.2) is 10.8 Å². The van der Waals surface area contributed by atoms with Crippen molar-refractivity contribution in [3.8, 4) is 5.75 Å². The number of nitrogens with one attached hydrogen (secondary N) is 1. The zero-order valence-electron chi connectivity index (χ0n) is 11.9. The maximum absolute atomic E-state index is 11.3. The molecule has 0 radical (unpaired) electrons. The SMILES string of the molecule is CC(=O)Cc1c[nH]c2ccc(OCc3ccccc3)cc12. The molecule has 0 aliphatic rings. The molecule has 0 spiro atoms. The zero-order chi connectivity index (χ0) is 14.7. The van der Waals surface area contributed by atoms with E-state index in [2.05, 4.69) is 4.98 Å². The summed E-state index contributed by atoms with van der Waals surface area (Å²) < 4.78 is 5.83. The van der Waals surface area contributed by atoms with Gasteiger partial charge in [-0.3, -0.25) is 4.79 Å². The summed E-state index contributed by atoms with van der Waals surface area (Å²) in [5, 5.41) is 1.05. The molecule has 0 atom stereocenters. The van der Waals surface area contributed by atoms with E-state index < -0.39 is 0 Å². The van der Waals surface area contributed by atoms with Gasteiger partial charge in [-0.15, -0.1) is 0 Å². The number of benzene rings is 2. The highest BCUT2D eigenvalue weighted by Crippen LogP contribution is 2.24. The van der Waals surface area contributed by atoms with Gasteiger partial charge < -0.3 is 9.72 Å². The summed E-state index contributed by atoms with van der Waals surface area (Å²) in [6, 6.07) is 16.0. The van der Waals surface area contributed by atoms with Gasteiger partial charge in [0.25, 0.3) is 0 Å². The second-order valence-corrected chi connectivity index (χ2v) is 5.17. The smallest absolute Gasteiger partial charge is 0.134 e. The largest absolute Gasteiger partial charge is 0.489 e. The van der Waals surface area contributed by atoms with Gasteiger partial charge in [0.1, 0.15) is 18.1 Å². The van der Waals surface area contributed by atoms with Crippen LogP contribution in [0.25, 0.3) is 10.9 Å². The number of carbonyl (C=O) groups excluding carboxylic acids is 1. The molecule has 0 bridgehead atoms. The molecule has 3 nitrogen and oxygen atoms in total. The second kappa shape index (κ2) is 5.83. The minimum absolute atomic E-state index is 0.159. The third kappa shape index (κ3) is 3.14. The number of rotatable bonds is 5. The van der Waals surface area contributed by atoms with Crippen LogP contribution in [0.4, 0.5) is 0 Å². The predicted molar refractivity (Wildman–Crippen MR) is 83.5 cm³/mol. The van der Waals surface area contributed by atoms with Gasteiger partial charge in [0.15, 0.2) is 0 Å². The monoisotopic (exact) mass is 279 g/mol. The molecule has 21 heavy (non-hydrogen) atoms. The summed E-state index contributed by atoms with van der Waals surface area (Å²) in [4.78, 5) is 14.5. The fraction of sp³-hybridized carbons (Fsp3) is 0.167. The maximum atomic E-state index is 11.3. The van der Waals surface area contributed by atoms with Crippen molar-refractivity contribution in [3.05, 3.63) is 65.9 Å². The van der Waals surface area contributed by atoms with Gasteiger partial charge in [-0.1, -0.05) is 30.3 Å². The number of H-pyrrole nitrogens is 1. The summed E-state index contributed by atoms with van der Waals surface area (Å²) in [7, 11) is 0. The van der Waals surface area contributed by atoms with E-state index in [9.17, 15) is 4.79 Å². The van der Waals surface area contributed by atoms with Crippen LogP contribution in [0.5, 0.6) is 5.75 Å². The van der Waals surface area contributed by atoms with Gasteiger partial charge in [0, 0.05) is 23.5 Å². The predicted octanol–water partition coefficient (Wildman–Crippen LogP) is 3.88. The van der Waals surface area contributed by atoms with Gasteiger partial charge in [0.05, 0.1) is 0 Å². The Labute approximate surface area is 123 Å². The second-order valence-electron chi connectivity index (χ2n) is 5.17. The van der Waals surface area contributed by atoms with Gasteiger partial charge in [-0.2, -0.15) is 0 Å². The molecule has 0 unspecified atom stereocenters. The summed E-state index contributed by atoms with van der Waals surface area (Å²) >= 11 is 0. The van der Waals surface area contributed by atoms with E-state index in [4.69, 9.17) is 4.74 Å². The summed E-state index contributed by atoms with van der Waals surface area (Å²) in [6.45, 7) is 2.15. The number of aromatic amines is 1. The van der Waals surface area contributed by atoms with Crippen LogP contribution in [0.15, 0.2) is 54.7 Å². The Bertz CT molecular complexity index is 759. The number of fused-ring (bicyclic) bond motifs is 1. The normalized spacial score (nSPS) is 10.7. The summed E-state index contributed by atoms with van der Waals surface area (Å²) in [5.41, 5.74) is 3.18. The van der Waals surface area contributed by atoms with E-state index in [0.29, 0.717) is 13.0 Å². The van der Waals surface area contributed by atoms with Crippen molar-refractivity contribution in [1.82, 2.24) is 4.98 Å².